The Kier molecular flexibility index (Phi) is 6.46. The molecule has 0 aromatic carbocycles. The Morgan fingerprint density at radius 3 is 2.17 bits per heavy atom. The van der Waals surface area contributed by atoms with Crippen molar-refractivity contribution in [3.05, 3.63) is 0 Å². The minimum Gasteiger partial charge on any atom is -0.285 e. The molecule has 0 spiro atoms. The first kappa shape index (κ1) is 12.6. The van der Waals surface area contributed by atoms with Crippen LogP contribution in [0.3, 0.4) is 0 Å². The van der Waals surface area contributed by atoms with E-state index in [1.807, 2.05) is 0 Å². The molecule has 0 heterocycles. The van der Waals surface area contributed by atoms with Gasteiger partial charge in [-0.25, -0.2) is 0 Å². The van der Waals surface area contributed by atoms with Gasteiger partial charge in [0, 0.05) is 0 Å². The zero-order chi connectivity index (χ0) is 9.61. The quantitative estimate of drug-likeness (QED) is 0.534. The van der Waals surface area contributed by atoms with E-state index in [9.17, 15) is 4.79 Å². The number of carbonyl (C=O) groups excluding carboxylic acids is 1. The van der Waals surface area contributed by atoms with Crippen LogP contribution in [0.25, 0.3) is 0 Å². The van der Waals surface area contributed by atoms with Gasteiger partial charge in [-0.1, -0.05) is 49.0 Å². The largest absolute Gasteiger partial charge is 0.285 e. The van der Waals surface area contributed by atoms with E-state index in [1.165, 1.54) is 0 Å². The molecule has 1 atom stereocenters. The van der Waals surface area contributed by atoms with Crippen LogP contribution in [0, 0.1) is 0 Å². The van der Waals surface area contributed by atoms with Crippen molar-refractivity contribution in [1.82, 2.24) is 0 Å². The van der Waals surface area contributed by atoms with Crippen LogP contribution in [0.5, 0.6) is 0 Å². The predicted molar refractivity (Wildman–Crippen MR) is 60.0 cm³/mol. The Bertz CT molecular complexity index is 147. The van der Waals surface area contributed by atoms with E-state index in [0.717, 1.165) is 32.1 Å². The molecule has 0 amide bonds. The lowest BCUT2D eigenvalue weighted by Gasteiger charge is -2.22. The van der Waals surface area contributed by atoms with Crippen LogP contribution in [0.1, 0.15) is 46.0 Å². The summed E-state index contributed by atoms with van der Waals surface area (Å²) in [5.41, 5.74) is 0. The summed E-state index contributed by atoms with van der Waals surface area (Å²) in [6, 6.07) is 0. The number of alkyl halides is 1. The average Bonchev–Trinajstić information content (AvgIpc) is 2.01. The molecule has 12 heavy (non-hydrogen) atoms. The summed E-state index contributed by atoms with van der Waals surface area (Å²) in [6.45, 7) is 4.23. The molecule has 0 N–H and O–H groups in total. The first-order chi connectivity index (χ1) is 5.56. The first-order valence-electron chi connectivity index (χ1n) is 4.45. The molecule has 0 aromatic rings. The van der Waals surface area contributed by atoms with E-state index in [0.29, 0.717) is 0 Å². The maximum absolute atomic E-state index is 11.2. The van der Waals surface area contributed by atoms with E-state index in [4.69, 9.17) is 0 Å². The highest BCUT2D eigenvalue weighted by Crippen LogP contribution is 2.33. The average molecular weight is 300 g/mol. The van der Waals surface area contributed by atoms with Crippen LogP contribution >= 0.6 is 31.9 Å². The monoisotopic (exact) mass is 298 g/mol. The smallest absolute Gasteiger partial charge is 0.214 e. The lowest BCUT2D eigenvalue weighted by Crippen LogP contribution is -2.27. The van der Waals surface area contributed by atoms with Gasteiger partial charge in [0.1, 0.15) is 0 Å². The topological polar surface area (TPSA) is 17.1 Å². The van der Waals surface area contributed by atoms with Gasteiger partial charge in [-0.15, -0.1) is 0 Å². The minimum atomic E-state index is -0.308. The molecule has 0 aromatic heterocycles. The highest BCUT2D eigenvalue weighted by atomic mass is 79.9. The number of carbonyl (C=O) groups is 1. The second-order valence-electron chi connectivity index (χ2n) is 3.09. The van der Waals surface area contributed by atoms with Gasteiger partial charge in [-0.2, -0.15) is 0 Å². The fourth-order valence-corrected chi connectivity index (χ4v) is 2.25. The highest BCUT2D eigenvalue weighted by molar-refractivity contribution is 9.20. The normalized spacial score (nSPS) is 15.7. The molecule has 0 radical (unpaired) electrons. The van der Waals surface area contributed by atoms with Gasteiger partial charge >= 0.3 is 0 Å². The van der Waals surface area contributed by atoms with Gasteiger partial charge in [0.05, 0.1) is 4.32 Å². The number of halogens is 2. The van der Waals surface area contributed by atoms with Gasteiger partial charge in [-0.05, 0) is 28.8 Å². The molecule has 0 fully saturated rings. The van der Waals surface area contributed by atoms with Crippen LogP contribution < -0.4 is 0 Å². The minimum absolute atomic E-state index is 0.0882. The van der Waals surface area contributed by atoms with Crippen LogP contribution in [-0.4, -0.2) is 9.02 Å². The zero-order valence-electron chi connectivity index (χ0n) is 7.70. The summed E-state index contributed by atoms with van der Waals surface area (Å²) in [5, 5.41) is 0. The summed E-state index contributed by atoms with van der Waals surface area (Å²) in [7, 11) is 0. The molecular formula is C9H16Br2O. The predicted octanol–water partition coefficient (Wildman–Crippen LogP) is 4.03. The Labute approximate surface area is 91.6 Å². The van der Waals surface area contributed by atoms with Crippen LogP contribution in [-0.2, 0) is 4.79 Å². The molecule has 72 valence electrons. The van der Waals surface area contributed by atoms with E-state index in [-0.39, 0.29) is 9.02 Å². The number of unbranched alkanes of at least 4 members (excludes halogenated alkanes) is 1. The molecule has 0 saturated carbocycles. The number of hydrogen-bond donors (Lipinski definition) is 0. The van der Waals surface area contributed by atoms with Gasteiger partial charge in [0.2, 0.25) is 4.69 Å². The van der Waals surface area contributed by atoms with Gasteiger partial charge in [0.25, 0.3) is 0 Å². The lowest BCUT2D eigenvalue weighted by molar-refractivity contribution is -0.112. The number of rotatable bonds is 6. The maximum atomic E-state index is 11.2. The second-order valence-corrected chi connectivity index (χ2v) is 5.33. The molecule has 0 rings (SSSR count). The van der Waals surface area contributed by atoms with Crippen molar-refractivity contribution in [2.75, 3.05) is 0 Å². The summed E-state index contributed by atoms with van der Waals surface area (Å²) in [6.07, 6.45) is 5.12. The van der Waals surface area contributed by atoms with E-state index >= 15 is 0 Å². The van der Waals surface area contributed by atoms with Gasteiger partial charge in [0.15, 0.2) is 0 Å². The van der Waals surface area contributed by atoms with Crippen LogP contribution in [0.2, 0.25) is 0 Å². The third-order valence-electron chi connectivity index (χ3n) is 1.93. The summed E-state index contributed by atoms with van der Waals surface area (Å²) in [5.74, 6) is 0. The zero-order valence-corrected chi connectivity index (χ0v) is 10.9. The molecule has 0 aliphatic carbocycles. The van der Waals surface area contributed by atoms with E-state index in [1.54, 1.807) is 0 Å². The molecule has 3 heteroatoms. The van der Waals surface area contributed by atoms with Crippen molar-refractivity contribution >= 4 is 36.6 Å². The van der Waals surface area contributed by atoms with Gasteiger partial charge < -0.3 is 0 Å². The fraction of sp³-hybridized carbons (Fsp3) is 0.889. The Morgan fingerprint density at radius 1 is 1.25 bits per heavy atom. The summed E-state index contributed by atoms with van der Waals surface area (Å²) >= 11 is 6.56. The lowest BCUT2D eigenvalue weighted by atomic mass is 9.98. The second kappa shape index (κ2) is 6.14. The SMILES string of the molecule is CCCCC(Br)(CCC)C(=O)Br. The van der Waals surface area contributed by atoms with E-state index < -0.39 is 0 Å². The molecule has 0 aliphatic heterocycles. The summed E-state index contributed by atoms with van der Waals surface area (Å²) in [4.78, 5) is 11.2. The van der Waals surface area contributed by atoms with Crippen molar-refractivity contribution < 1.29 is 4.79 Å². The fourth-order valence-electron chi connectivity index (χ4n) is 1.17. The highest BCUT2D eigenvalue weighted by Gasteiger charge is 2.31. The molecular weight excluding hydrogens is 284 g/mol. The van der Waals surface area contributed by atoms with Gasteiger partial charge in [-0.3, -0.25) is 4.79 Å². The molecule has 1 nitrogen and oxygen atoms in total. The standard InChI is InChI=1S/C9H16Br2O/c1-3-5-7-9(11,6-4-2)8(10)12/h3-7H2,1-2H3. The third kappa shape index (κ3) is 4.04. The Morgan fingerprint density at radius 2 is 1.83 bits per heavy atom. The van der Waals surface area contributed by atoms with Crippen molar-refractivity contribution in [1.29, 1.82) is 0 Å². The third-order valence-corrected chi connectivity index (χ3v) is 4.37. The van der Waals surface area contributed by atoms with E-state index in [2.05, 4.69) is 45.7 Å². The molecule has 0 saturated heterocycles. The number of hydrogen-bond acceptors (Lipinski definition) is 1. The van der Waals surface area contributed by atoms with Crippen molar-refractivity contribution in [2.24, 2.45) is 0 Å². The molecule has 1 unspecified atom stereocenters. The van der Waals surface area contributed by atoms with Crippen molar-refractivity contribution in [2.45, 2.75) is 50.3 Å². The molecule has 0 bridgehead atoms. The Hall–Kier alpha value is 0.630. The van der Waals surface area contributed by atoms with Crippen LogP contribution in [0.4, 0.5) is 0 Å². The van der Waals surface area contributed by atoms with Crippen molar-refractivity contribution in [3.63, 3.8) is 0 Å². The van der Waals surface area contributed by atoms with Crippen molar-refractivity contribution in [3.8, 4) is 0 Å². The molecule has 0 aliphatic rings. The maximum Gasteiger partial charge on any atom is 0.214 e. The first-order valence-corrected chi connectivity index (χ1v) is 6.04. The Balaban J connectivity index is 4.08. The summed E-state index contributed by atoms with van der Waals surface area (Å²) < 4.78 is -0.220. The van der Waals surface area contributed by atoms with Crippen LogP contribution in [0.15, 0.2) is 0 Å².